The molecule has 1 fully saturated rings. The van der Waals surface area contributed by atoms with Crippen molar-refractivity contribution in [3.63, 3.8) is 0 Å². The maximum absolute atomic E-state index is 11.2. The molecule has 0 atom stereocenters. The minimum absolute atomic E-state index is 0.0742. The molecule has 9 heteroatoms. The van der Waals surface area contributed by atoms with Crippen molar-refractivity contribution in [1.29, 1.82) is 0 Å². The maximum atomic E-state index is 11.2. The van der Waals surface area contributed by atoms with Gasteiger partial charge in [-0.25, -0.2) is 0 Å². The van der Waals surface area contributed by atoms with Gasteiger partial charge in [-0.2, -0.15) is 4.79 Å². The topological polar surface area (TPSA) is 110 Å². The van der Waals surface area contributed by atoms with Gasteiger partial charge in [-0.05, 0) is 0 Å². The fourth-order valence-corrected chi connectivity index (χ4v) is 1.17. The normalized spacial score (nSPS) is 14.4. The molecule has 1 heterocycles. The molecule has 1 rings (SSSR count). The third-order valence-corrected chi connectivity index (χ3v) is 1.91. The van der Waals surface area contributed by atoms with Crippen molar-refractivity contribution in [2.45, 2.75) is 26.7 Å². The van der Waals surface area contributed by atoms with Crippen LogP contribution >= 0.6 is 0 Å². The monoisotopic (exact) mass is 258 g/mol. The van der Waals surface area contributed by atoms with E-state index in [1.54, 1.807) is 0 Å². The number of hydrogen-bond donors (Lipinski definition) is 0. The number of hydroxylamine groups is 4. The van der Waals surface area contributed by atoms with Gasteiger partial charge in [0.05, 0.1) is 0 Å². The Morgan fingerprint density at radius 1 is 1.06 bits per heavy atom. The molecule has 0 aromatic carbocycles. The summed E-state index contributed by atoms with van der Waals surface area (Å²) in [6.07, 6.45) is -1.67. The van der Waals surface area contributed by atoms with Crippen LogP contribution in [0, 0.1) is 0 Å². The van der Waals surface area contributed by atoms with Crippen LogP contribution in [0.2, 0.25) is 0 Å². The molecule has 0 unspecified atom stereocenters. The second kappa shape index (κ2) is 5.25. The third-order valence-electron chi connectivity index (χ3n) is 1.91. The van der Waals surface area contributed by atoms with Crippen LogP contribution < -0.4 is 0 Å². The van der Waals surface area contributed by atoms with Gasteiger partial charge in [0.25, 0.3) is 23.6 Å². The molecular formula is C9H10N2O7. The molecule has 1 saturated heterocycles. The van der Waals surface area contributed by atoms with Crippen LogP contribution in [0.3, 0.4) is 0 Å². The lowest BCUT2D eigenvalue weighted by atomic mass is 10.4. The van der Waals surface area contributed by atoms with E-state index in [9.17, 15) is 24.0 Å². The number of carbonyl (C=O) groups excluding carboxylic acids is 5. The average Bonchev–Trinajstić information content (AvgIpc) is 2.56. The fraction of sp³-hybridized carbons (Fsp3) is 0.444. The van der Waals surface area contributed by atoms with Gasteiger partial charge in [-0.3, -0.25) is 28.9 Å². The molecule has 98 valence electrons. The average molecular weight is 258 g/mol. The number of carbonyl (C=O) groups is 5. The summed E-state index contributed by atoms with van der Waals surface area (Å²) in [4.78, 5) is 63.7. The predicted molar refractivity (Wildman–Crippen MR) is 51.9 cm³/mol. The molecule has 0 spiro atoms. The summed E-state index contributed by atoms with van der Waals surface area (Å²) < 4.78 is 0. The zero-order valence-electron chi connectivity index (χ0n) is 9.67. The predicted octanol–water partition coefficient (Wildman–Crippen LogP) is -0.486. The molecule has 1 aliphatic heterocycles. The third kappa shape index (κ3) is 3.03. The van der Waals surface area contributed by atoms with Gasteiger partial charge in [-0.15, -0.1) is 5.06 Å². The first kappa shape index (κ1) is 13.6. The summed E-state index contributed by atoms with van der Waals surface area (Å²) in [7, 11) is 0. The van der Waals surface area contributed by atoms with E-state index >= 15 is 0 Å². The lowest BCUT2D eigenvalue weighted by Gasteiger charge is -2.17. The van der Waals surface area contributed by atoms with Crippen molar-refractivity contribution in [3.8, 4) is 0 Å². The van der Waals surface area contributed by atoms with E-state index in [2.05, 4.69) is 9.68 Å². The second-order valence-corrected chi connectivity index (χ2v) is 3.35. The number of amides is 4. The van der Waals surface area contributed by atoms with Crippen molar-refractivity contribution in [1.82, 2.24) is 10.1 Å². The Labute approximate surface area is 101 Å². The van der Waals surface area contributed by atoms with Gasteiger partial charge >= 0.3 is 6.16 Å². The number of hydrogen-bond acceptors (Lipinski definition) is 7. The Morgan fingerprint density at radius 2 is 1.50 bits per heavy atom. The molecule has 18 heavy (non-hydrogen) atoms. The van der Waals surface area contributed by atoms with E-state index in [1.807, 2.05) is 0 Å². The number of imide groups is 2. The van der Waals surface area contributed by atoms with Crippen LogP contribution in [-0.2, 0) is 28.9 Å². The van der Waals surface area contributed by atoms with Crippen LogP contribution in [0.4, 0.5) is 4.79 Å². The van der Waals surface area contributed by atoms with E-state index < -0.39 is 29.8 Å². The molecule has 0 saturated carbocycles. The molecule has 0 radical (unpaired) electrons. The Hall–Kier alpha value is -2.45. The summed E-state index contributed by atoms with van der Waals surface area (Å²) in [5, 5.41) is 0.383. The van der Waals surface area contributed by atoms with Gasteiger partial charge < -0.3 is 0 Å². The zero-order chi connectivity index (χ0) is 13.9. The van der Waals surface area contributed by atoms with E-state index in [-0.39, 0.29) is 23.0 Å². The molecule has 0 N–H and O–H groups in total. The summed E-state index contributed by atoms with van der Waals surface area (Å²) in [5.74, 6) is -3.10. The second-order valence-electron chi connectivity index (χ2n) is 3.35. The minimum atomic E-state index is -1.52. The highest BCUT2D eigenvalue weighted by atomic mass is 16.9. The Kier molecular flexibility index (Phi) is 3.97. The summed E-state index contributed by atoms with van der Waals surface area (Å²) in [5.41, 5.74) is 0. The van der Waals surface area contributed by atoms with E-state index in [1.165, 1.54) is 0 Å². The molecule has 0 bridgehead atoms. The first-order valence-electron chi connectivity index (χ1n) is 4.90. The Balaban J connectivity index is 2.61. The molecular weight excluding hydrogens is 248 g/mol. The van der Waals surface area contributed by atoms with E-state index in [0.29, 0.717) is 0 Å². The van der Waals surface area contributed by atoms with Gasteiger partial charge in [0.1, 0.15) is 0 Å². The molecule has 9 nitrogen and oxygen atoms in total. The van der Waals surface area contributed by atoms with E-state index in [4.69, 9.17) is 0 Å². The maximum Gasteiger partial charge on any atom is 0.560 e. The SMILES string of the molecule is CC(=O)N(OC(=O)ON1C(=O)CCC1=O)C(C)=O. The smallest absolute Gasteiger partial charge is 0.293 e. The standard InChI is InChI=1S/C9H10N2O7/c1-5(12)10(6(2)13)17-9(16)18-11-7(14)3-4-8(11)15/h3-4H2,1-2H3. The highest BCUT2D eigenvalue weighted by molar-refractivity contribution is 6.01. The lowest BCUT2D eigenvalue weighted by molar-refractivity contribution is -0.200. The van der Waals surface area contributed by atoms with Crippen LogP contribution in [0.25, 0.3) is 0 Å². The quantitative estimate of drug-likeness (QED) is 0.461. The van der Waals surface area contributed by atoms with Crippen LogP contribution in [0.5, 0.6) is 0 Å². The highest BCUT2D eigenvalue weighted by Gasteiger charge is 2.34. The van der Waals surface area contributed by atoms with Gasteiger partial charge in [0.2, 0.25) is 0 Å². The molecule has 0 aromatic rings. The van der Waals surface area contributed by atoms with Crippen molar-refractivity contribution in [2.24, 2.45) is 0 Å². The van der Waals surface area contributed by atoms with Crippen molar-refractivity contribution >= 4 is 29.8 Å². The number of rotatable bonds is 1. The van der Waals surface area contributed by atoms with Gasteiger partial charge in [-0.1, -0.05) is 5.06 Å². The van der Waals surface area contributed by atoms with Crippen molar-refractivity contribution < 1.29 is 33.6 Å². The van der Waals surface area contributed by atoms with Gasteiger partial charge in [0.15, 0.2) is 0 Å². The number of nitrogens with zero attached hydrogens (tertiary/aromatic N) is 2. The highest BCUT2D eigenvalue weighted by Crippen LogP contribution is 2.12. The van der Waals surface area contributed by atoms with Crippen molar-refractivity contribution in [2.75, 3.05) is 0 Å². The largest absolute Gasteiger partial charge is 0.560 e. The van der Waals surface area contributed by atoms with E-state index in [0.717, 1.165) is 13.8 Å². The summed E-state index contributed by atoms with van der Waals surface area (Å²) in [6.45, 7) is 1.97. The zero-order valence-corrected chi connectivity index (χ0v) is 9.67. The Morgan fingerprint density at radius 3 is 1.89 bits per heavy atom. The lowest BCUT2D eigenvalue weighted by Crippen LogP contribution is -2.39. The first-order valence-corrected chi connectivity index (χ1v) is 4.90. The molecule has 4 amide bonds. The first-order chi connectivity index (χ1) is 8.32. The Bertz CT molecular complexity index is 395. The molecule has 0 aliphatic carbocycles. The molecule has 1 aliphatic rings. The van der Waals surface area contributed by atoms with Crippen LogP contribution in [0.15, 0.2) is 0 Å². The minimum Gasteiger partial charge on any atom is -0.293 e. The van der Waals surface area contributed by atoms with Crippen LogP contribution in [0.1, 0.15) is 26.7 Å². The van der Waals surface area contributed by atoms with Crippen LogP contribution in [-0.4, -0.2) is 39.9 Å². The summed E-state index contributed by atoms with van der Waals surface area (Å²) >= 11 is 0. The fourth-order valence-electron chi connectivity index (χ4n) is 1.17. The summed E-state index contributed by atoms with van der Waals surface area (Å²) in [6, 6.07) is 0. The van der Waals surface area contributed by atoms with Gasteiger partial charge in [0, 0.05) is 26.7 Å². The molecule has 0 aromatic heterocycles. The van der Waals surface area contributed by atoms with Crippen molar-refractivity contribution in [3.05, 3.63) is 0 Å².